The van der Waals surface area contributed by atoms with Crippen molar-refractivity contribution in [3.05, 3.63) is 126 Å². The number of anilines is 3. The average molecular weight is 539 g/mol. The van der Waals surface area contributed by atoms with Crippen LogP contribution in [0, 0.1) is 18.3 Å². The molecule has 8 heteroatoms. The third kappa shape index (κ3) is 5.37. The summed E-state index contributed by atoms with van der Waals surface area (Å²) in [5.74, 6) is 1.45. The number of urea groups is 1. The van der Waals surface area contributed by atoms with E-state index < -0.39 is 0 Å². The first kappa shape index (κ1) is 25.5. The number of aryl methyl sites for hydroxylation is 1. The second kappa shape index (κ2) is 11.1. The lowest BCUT2D eigenvalue weighted by Crippen LogP contribution is -2.28. The lowest BCUT2D eigenvalue weighted by molar-refractivity contribution is 0.252. The largest absolute Gasteiger partial charge is 0.457 e. The van der Waals surface area contributed by atoms with Crippen molar-refractivity contribution in [3.63, 3.8) is 0 Å². The van der Waals surface area contributed by atoms with Gasteiger partial charge < -0.3 is 20.7 Å². The summed E-state index contributed by atoms with van der Waals surface area (Å²) >= 11 is 0. The van der Waals surface area contributed by atoms with Gasteiger partial charge in [-0.25, -0.2) is 9.31 Å². The quantitative estimate of drug-likeness (QED) is 0.195. The number of aromatic nitrogens is 2. The molecule has 0 fully saturated rings. The van der Waals surface area contributed by atoms with Crippen molar-refractivity contribution in [2.45, 2.75) is 13.5 Å². The number of hydrogen-bond donors (Lipinski definition) is 3. The molecule has 2 aromatic heterocycles. The van der Waals surface area contributed by atoms with Crippen molar-refractivity contribution in [1.82, 2.24) is 14.9 Å². The van der Waals surface area contributed by atoms with Gasteiger partial charge >= 0.3 is 6.03 Å². The van der Waals surface area contributed by atoms with Crippen molar-refractivity contribution in [3.8, 4) is 17.6 Å². The summed E-state index contributed by atoms with van der Waals surface area (Å²) in [5.41, 5.74) is 4.86. The lowest BCUT2D eigenvalue weighted by Gasteiger charge is -2.12. The minimum Gasteiger partial charge on any atom is -0.457 e. The Morgan fingerprint density at radius 2 is 1.66 bits per heavy atom. The van der Waals surface area contributed by atoms with Crippen LogP contribution in [0.2, 0.25) is 0 Å². The average Bonchev–Trinajstić information content (AvgIpc) is 3.32. The molecule has 0 aliphatic carbocycles. The molecule has 0 saturated carbocycles. The Labute approximate surface area is 236 Å². The van der Waals surface area contributed by atoms with E-state index in [0.29, 0.717) is 34.7 Å². The number of nitrogens with zero attached hydrogens (tertiary/aromatic N) is 3. The number of ether oxygens (including phenoxy) is 1. The van der Waals surface area contributed by atoms with Crippen molar-refractivity contribution in [1.29, 1.82) is 5.26 Å². The summed E-state index contributed by atoms with van der Waals surface area (Å²) in [7, 11) is 0. The molecule has 6 rings (SSSR count). The number of nitrogens with one attached hydrogen (secondary N) is 3. The SMILES string of the molecule is Cc1c(NC(=O)NCc2cccc3ccccc23)cn2ncc(C#N)c(Nc3ccc(Oc4ccccc4)cc3)c12. The van der Waals surface area contributed by atoms with E-state index in [9.17, 15) is 10.1 Å². The van der Waals surface area contributed by atoms with E-state index in [4.69, 9.17) is 4.74 Å². The van der Waals surface area contributed by atoms with E-state index in [1.807, 2.05) is 91.9 Å². The van der Waals surface area contributed by atoms with Gasteiger partial charge in [0, 0.05) is 17.8 Å². The molecule has 0 aliphatic rings. The second-order valence-electron chi connectivity index (χ2n) is 9.52. The van der Waals surface area contributed by atoms with Crippen LogP contribution in [0.5, 0.6) is 11.5 Å². The molecule has 0 saturated heterocycles. The number of carbonyl (C=O) groups excluding carboxylic acids is 1. The third-order valence-corrected chi connectivity index (χ3v) is 6.85. The maximum absolute atomic E-state index is 12.9. The predicted octanol–water partition coefficient (Wildman–Crippen LogP) is 7.53. The number of hydrogen-bond acceptors (Lipinski definition) is 5. The first-order chi connectivity index (χ1) is 20.1. The molecule has 2 amide bonds. The Balaban J connectivity index is 1.21. The molecule has 6 aromatic rings. The topological polar surface area (TPSA) is 103 Å². The van der Waals surface area contributed by atoms with E-state index in [2.05, 4.69) is 39.3 Å². The normalized spacial score (nSPS) is 10.7. The first-order valence-electron chi connectivity index (χ1n) is 13.1. The Bertz CT molecular complexity index is 1900. The van der Waals surface area contributed by atoms with Gasteiger partial charge in [-0.3, -0.25) is 0 Å². The fourth-order valence-corrected chi connectivity index (χ4v) is 4.79. The standard InChI is InChI=1S/C33H26N6O2/c1-22-30(38-33(40)35-19-24-10-7-9-23-8-5-6-13-29(23)24)21-39-32(22)31(25(18-34)20-36-39)37-26-14-16-28(17-15-26)41-27-11-3-2-4-12-27/h2-17,20-21,37H,19H2,1H3,(H2,35,38,40). The Hall–Kier alpha value is -5.81. The molecule has 4 aromatic carbocycles. The molecular formula is C33H26N6O2. The van der Waals surface area contributed by atoms with Gasteiger partial charge in [0.15, 0.2) is 0 Å². The van der Waals surface area contributed by atoms with Crippen LogP contribution >= 0.6 is 0 Å². The van der Waals surface area contributed by atoms with Gasteiger partial charge in [0.2, 0.25) is 0 Å². The highest BCUT2D eigenvalue weighted by atomic mass is 16.5. The predicted molar refractivity (Wildman–Crippen MR) is 161 cm³/mol. The van der Waals surface area contributed by atoms with Gasteiger partial charge in [-0.2, -0.15) is 10.4 Å². The highest BCUT2D eigenvalue weighted by Gasteiger charge is 2.17. The van der Waals surface area contributed by atoms with Gasteiger partial charge in [0.05, 0.1) is 34.8 Å². The number of benzene rings is 4. The number of amides is 2. The molecule has 0 bridgehead atoms. The summed E-state index contributed by atoms with van der Waals surface area (Å²) < 4.78 is 7.55. The van der Waals surface area contributed by atoms with Gasteiger partial charge in [-0.1, -0.05) is 60.7 Å². The van der Waals surface area contributed by atoms with Gasteiger partial charge in [-0.15, -0.1) is 0 Å². The Morgan fingerprint density at radius 1 is 0.927 bits per heavy atom. The molecular weight excluding hydrogens is 512 g/mol. The highest BCUT2D eigenvalue weighted by molar-refractivity contribution is 5.95. The number of rotatable bonds is 7. The van der Waals surface area contributed by atoms with Crippen molar-refractivity contribution in [2.75, 3.05) is 10.6 Å². The van der Waals surface area contributed by atoms with Crippen LogP contribution < -0.4 is 20.7 Å². The van der Waals surface area contributed by atoms with Crippen molar-refractivity contribution >= 4 is 39.4 Å². The number of fused-ring (bicyclic) bond motifs is 2. The molecule has 8 nitrogen and oxygen atoms in total. The molecule has 3 N–H and O–H groups in total. The van der Waals surface area contributed by atoms with Crippen LogP contribution in [-0.4, -0.2) is 15.6 Å². The van der Waals surface area contributed by atoms with E-state index >= 15 is 0 Å². The fraction of sp³-hybridized carbons (Fsp3) is 0.0606. The minimum absolute atomic E-state index is 0.332. The molecule has 0 spiro atoms. The van der Waals surface area contributed by atoms with E-state index in [0.717, 1.165) is 33.3 Å². The third-order valence-electron chi connectivity index (χ3n) is 6.85. The van der Waals surface area contributed by atoms with Crippen molar-refractivity contribution in [2.24, 2.45) is 0 Å². The van der Waals surface area contributed by atoms with Gasteiger partial charge in [0.1, 0.15) is 17.6 Å². The van der Waals surface area contributed by atoms with Crippen LogP contribution in [0.25, 0.3) is 16.3 Å². The molecule has 0 radical (unpaired) electrons. The summed E-state index contributed by atoms with van der Waals surface area (Å²) in [6.45, 7) is 2.27. The zero-order chi connectivity index (χ0) is 28.2. The van der Waals surface area contributed by atoms with Crippen molar-refractivity contribution < 1.29 is 9.53 Å². The zero-order valence-corrected chi connectivity index (χ0v) is 22.3. The number of para-hydroxylation sites is 1. The number of carbonyl (C=O) groups is 1. The maximum Gasteiger partial charge on any atom is 0.319 e. The van der Waals surface area contributed by atoms with Crippen LogP contribution in [-0.2, 0) is 6.54 Å². The molecule has 0 atom stereocenters. The van der Waals surface area contributed by atoms with Crippen LogP contribution in [0.3, 0.4) is 0 Å². The number of nitriles is 1. The Morgan fingerprint density at radius 3 is 2.46 bits per heavy atom. The highest BCUT2D eigenvalue weighted by Crippen LogP contribution is 2.33. The van der Waals surface area contributed by atoms with E-state index in [1.54, 1.807) is 10.7 Å². The Kier molecular flexibility index (Phi) is 6.91. The van der Waals surface area contributed by atoms with Gasteiger partial charge in [0.25, 0.3) is 0 Å². The second-order valence-corrected chi connectivity index (χ2v) is 9.52. The van der Waals surface area contributed by atoms with E-state index in [-0.39, 0.29) is 6.03 Å². The monoisotopic (exact) mass is 538 g/mol. The molecule has 0 unspecified atom stereocenters. The fourth-order valence-electron chi connectivity index (χ4n) is 4.79. The molecule has 2 heterocycles. The summed E-state index contributed by atoms with van der Waals surface area (Å²) in [4.78, 5) is 12.9. The summed E-state index contributed by atoms with van der Waals surface area (Å²) in [6, 6.07) is 33.1. The van der Waals surface area contributed by atoms with Gasteiger partial charge in [-0.05, 0) is 59.7 Å². The van der Waals surface area contributed by atoms with Crippen LogP contribution in [0.1, 0.15) is 16.7 Å². The van der Waals surface area contributed by atoms with E-state index in [1.165, 1.54) is 6.20 Å². The maximum atomic E-state index is 12.9. The molecule has 0 aliphatic heterocycles. The summed E-state index contributed by atoms with van der Waals surface area (Å²) in [6.07, 6.45) is 3.25. The zero-order valence-electron chi connectivity index (χ0n) is 22.3. The lowest BCUT2D eigenvalue weighted by atomic mass is 10.0. The summed E-state index contributed by atoms with van der Waals surface area (Å²) in [5, 5.41) is 25.7. The smallest absolute Gasteiger partial charge is 0.319 e. The van der Waals surface area contributed by atoms with Crippen LogP contribution in [0.4, 0.5) is 21.9 Å². The molecule has 41 heavy (non-hydrogen) atoms. The minimum atomic E-state index is -0.332. The first-order valence-corrected chi connectivity index (χ1v) is 13.1. The van der Waals surface area contributed by atoms with Crippen LogP contribution in [0.15, 0.2) is 109 Å². The molecule has 200 valence electrons.